The van der Waals surface area contributed by atoms with Gasteiger partial charge in [0.15, 0.2) is 0 Å². The van der Waals surface area contributed by atoms with Gasteiger partial charge < -0.3 is 5.11 Å². The quantitative estimate of drug-likeness (QED) is 0.454. The lowest BCUT2D eigenvalue weighted by Gasteiger charge is -2.25. The zero-order chi connectivity index (χ0) is 14.5. The van der Waals surface area contributed by atoms with Gasteiger partial charge in [-0.2, -0.15) is 0 Å². The average Bonchev–Trinajstić information content (AvgIpc) is 2.26. The van der Waals surface area contributed by atoms with Gasteiger partial charge in [0.05, 0.1) is 11.3 Å². The Balaban J connectivity index is 5.73. The Morgan fingerprint density at radius 1 is 1.44 bits per heavy atom. The largest absolute Gasteiger partial charge is 0.384 e. The zero-order valence-electron chi connectivity index (χ0n) is 11.5. The van der Waals surface area contributed by atoms with E-state index in [4.69, 9.17) is 0 Å². The number of aldehydes is 1. The first-order valence-electron chi connectivity index (χ1n) is 5.90. The van der Waals surface area contributed by atoms with Crippen LogP contribution in [0.5, 0.6) is 0 Å². The number of aliphatic hydroxyl groups is 1. The van der Waals surface area contributed by atoms with Crippen LogP contribution in [0.1, 0.15) is 41.0 Å². The Morgan fingerprint density at radius 3 is 2.22 bits per heavy atom. The number of carbonyl (C=O) groups excluding carboxylic acids is 1. The molecule has 0 rings (SSSR count). The highest BCUT2D eigenvalue weighted by Gasteiger charge is 2.27. The van der Waals surface area contributed by atoms with E-state index < -0.39 is 17.7 Å². The predicted molar refractivity (Wildman–Crippen MR) is 68.0 cm³/mol. The van der Waals surface area contributed by atoms with Crippen LogP contribution in [0.15, 0.2) is 16.3 Å². The fourth-order valence-electron chi connectivity index (χ4n) is 1.54. The number of allylic oxidation sites excluding steroid dienone is 2. The van der Waals surface area contributed by atoms with E-state index >= 15 is 0 Å². The fraction of sp³-hybridized carbons (Fsp3) is 0.692. The third kappa shape index (κ3) is 4.64. The van der Waals surface area contributed by atoms with E-state index in [1.165, 1.54) is 20.8 Å². The molecule has 0 bridgehead atoms. The smallest absolute Gasteiger partial charge is 0.280 e. The molecule has 0 radical (unpaired) electrons. The van der Waals surface area contributed by atoms with Crippen LogP contribution in [0.3, 0.4) is 0 Å². The van der Waals surface area contributed by atoms with Gasteiger partial charge in [-0.15, -0.1) is 0 Å². The van der Waals surface area contributed by atoms with E-state index in [1.54, 1.807) is 6.92 Å². The second-order valence-corrected chi connectivity index (χ2v) is 4.85. The van der Waals surface area contributed by atoms with Gasteiger partial charge >= 0.3 is 0 Å². The number of hydrogen-bond acceptors (Lipinski definition) is 3. The van der Waals surface area contributed by atoms with Crippen molar-refractivity contribution in [3.63, 3.8) is 0 Å². The number of nitrogens with zero attached hydrogens (tertiary/aromatic N) is 1. The van der Waals surface area contributed by atoms with Gasteiger partial charge in [-0.3, -0.25) is 9.79 Å². The van der Waals surface area contributed by atoms with Crippen LogP contribution in [0.4, 0.5) is 8.78 Å². The molecule has 104 valence electrons. The molecule has 0 aliphatic carbocycles. The summed E-state index contributed by atoms with van der Waals surface area (Å²) in [6, 6.07) is 0. The Kier molecular flexibility index (Phi) is 6.32. The first kappa shape index (κ1) is 16.9. The molecule has 0 saturated carbocycles. The van der Waals surface area contributed by atoms with Crippen LogP contribution in [0.2, 0.25) is 0 Å². The molecular weight excluding hydrogens is 240 g/mol. The highest BCUT2D eigenvalue weighted by molar-refractivity contribution is 5.94. The second-order valence-electron chi connectivity index (χ2n) is 4.85. The Labute approximate surface area is 107 Å². The molecular formula is C13H21F2NO2. The van der Waals surface area contributed by atoms with Gasteiger partial charge in [0.2, 0.25) is 0 Å². The summed E-state index contributed by atoms with van der Waals surface area (Å²) in [7, 11) is 0. The van der Waals surface area contributed by atoms with Gasteiger partial charge in [-0.1, -0.05) is 13.8 Å². The molecule has 0 amide bonds. The number of hydrogen-bond donors (Lipinski definition) is 1. The molecule has 0 aromatic rings. The number of rotatable bonds is 6. The van der Waals surface area contributed by atoms with Crippen molar-refractivity contribution < 1.29 is 18.7 Å². The first-order chi connectivity index (χ1) is 8.15. The molecule has 0 heterocycles. The van der Waals surface area contributed by atoms with E-state index in [0.717, 1.165) is 0 Å². The number of aliphatic imine (C=N–C) groups is 1. The van der Waals surface area contributed by atoms with Crippen molar-refractivity contribution >= 4 is 12.0 Å². The maximum Gasteiger partial charge on any atom is 0.280 e. The van der Waals surface area contributed by atoms with E-state index in [-0.39, 0.29) is 17.2 Å². The van der Waals surface area contributed by atoms with Crippen LogP contribution in [-0.2, 0) is 4.79 Å². The minimum absolute atomic E-state index is 0.116. The molecule has 0 aromatic heterocycles. The summed E-state index contributed by atoms with van der Waals surface area (Å²) in [4.78, 5) is 14.5. The Morgan fingerprint density at radius 2 is 1.94 bits per heavy atom. The van der Waals surface area contributed by atoms with Crippen molar-refractivity contribution in [3.8, 4) is 0 Å². The number of carbonyl (C=O) groups is 1. The van der Waals surface area contributed by atoms with Gasteiger partial charge in [-0.25, -0.2) is 8.78 Å². The number of alkyl halides is 2. The molecule has 1 atom stereocenters. The van der Waals surface area contributed by atoms with Crippen LogP contribution >= 0.6 is 0 Å². The summed E-state index contributed by atoms with van der Waals surface area (Å²) in [5.41, 5.74) is -1.71. The van der Waals surface area contributed by atoms with Crippen molar-refractivity contribution in [2.75, 3.05) is 0 Å². The fourth-order valence-corrected chi connectivity index (χ4v) is 1.54. The second kappa shape index (κ2) is 6.73. The van der Waals surface area contributed by atoms with E-state index in [2.05, 4.69) is 4.99 Å². The van der Waals surface area contributed by atoms with Crippen molar-refractivity contribution in [1.29, 1.82) is 0 Å². The molecule has 18 heavy (non-hydrogen) atoms. The first-order valence-corrected chi connectivity index (χ1v) is 5.90. The normalized spacial score (nSPS) is 16.6. The molecule has 1 unspecified atom stereocenters. The minimum Gasteiger partial charge on any atom is -0.384 e. The SMILES string of the molecule is CCC(C)C(=N/C(=C(\C)C=O)C(F)F)C(C)(C)O. The third-order valence-corrected chi connectivity index (χ3v) is 2.73. The molecule has 1 N–H and O–H groups in total. The van der Waals surface area contributed by atoms with Crippen LogP contribution < -0.4 is 0 Å². The minimum atomic E-state index is -2.84. The van der Waals surface area contributed by atoms with Crippen LogP contribution in [0.25, 0.3) is 0 Å². The maximum atomic E-state index is 12.8. The molecule has 0 aromatic carbocycles. The molecule has 5 heteroatoms. The Bertz CT molecular complexity index is 354. The highest BCUT2D eigenvalue weighted by atomic mass is 19.3. The monoisotopic (exact) mass is 261 g/mol. The van der Waals surface area contributed by atoms with Crippen LogP contribution in [-0.4, -0.2) is 29.1 Å². The van der Waals surface area contributed by atoms with E-state index in [0.29, 0.717) is 12.7 Å². The molecule has 0 fully saturated rings. The summed E-state index contributed by atoms with van der Waals surface area (Å²) in [6.07, 6.45) is -1.82. The predicted octanol–water partition coefficient (Wildman–Crippen LogP) is 2.98. The van der Waals surface area contributed by atoms with Crippen LogP contribution in [0, 0.1) is 5.92 Å². The van der Waals surface area contributed by atoms with E-state index in [1.807, 2.05) is 6.92 Å². The van der Waals surface area contributed by atoms with Crippen molar-refractivity contribution in [1.82, 2.24) is 0 Å². The highest BCUT2D eigenvalue weighted by Crippen LogP contribution is 2.22. The zero-order valence-corrected chi connectivity index (χ0v) is 11.5. The molecule has 3 nitrogen and oxygen atoms in total. The lowest BCUT2D eigenvalue weighted by Crippen LogP contribution is -2.36. The van der Waals surface area contributed by atoms with Crippen molar-refractivity contribution in [2.45, 2.75) is 53.1 Å². The lowest BCUT2D eigenvalue weighted by molar-refractivity contribution is -0.105. The molecule has 0 spiro atoms. The summed E-state index contributed by atoms with van der Waals surface area (Å²) in [6.45, 7) is 7.96. The summed E-state index contributed by atoms with van der Waals surface area (Å²) >= 11 is 0. The van der Waals surface area contributed by atoms with E-state index in [9.17, 15) is 18.7 Å². The van der Waals surface area contributed by atoms with Gasteiger partial charge in [0.25, 0.3) is 6.43 Å². The lowest BCUT2D eigenvalue weighted by atomic mass is 9.90. The molecule has 0 aliphatic rings. The average molecular weight is 261 g/mol. The molecule has 0 aliphatic heterocycles. The number of halogens is 2. The molecule has 0 saturated heterocycles. The topological polar surface area (TPSA) is 49.7 Å². The maximum absolute atomic E-state index is 12.8. The Hall–Kier alpha value is -1.10. The standard InChI is InChI=1S/C13H21F2NO2/c1-6-8(2)11(13(4,5)18)16-10(12(14)15)9(3)7-17/h7-8,12,18H,6H2,1-5H3/b10-9+,16-11?. The van der Waals surface area contributed by atoms with Gasteiger partial charge in [0.1, 0.15) is 12.0 Å². The summed E-state index contributed by atoms with van der Waals surface area (Å²) in [5, 5.41) is 9.98. The van der Waals surface area contributed by atoms with Crippen molar-refractivity contribution in [3.05, 3.63) is 11.3 Å². The van der Waals surface area contributed by atoms with Gasteiger partial charge in [-0.05, 0) is 33.1 Å². The van der Waals surface area contributed by atoms with Crippen molar-refractivity contribution in [2.24, 2.45) is 10.9 Å². The van der Waals surface area contributed by atoms with Gasteiger partial charge in [0, 0.05) is 5.57 Å². The third-order valence-electron chi connectivity index (χ3n) is 2.73. The summed E-state index contributed by atoms with van der Waals surface area (Å²) < 4.78 is 25.7. The summed E-state index contributed by atoms with van der Waals surface area (Å²) in [5.74, 6) is -0.141.